The molecular weight excluding hydrogens is 209 g/mol. The molecule has 0 spiro atoms. The molecule has 0 saturated carbocycles. The van der Waals surface area contributed by atoms with Crippen LogP contribution in [0.15, 0.2) is 12.7 Å². The third kappa shape index (κ3) is 23.5. The van der Waals surface area contributed by atoms with Gasteiger partial charge in [0, 0.05) is 0 Å². The van der Waals surface area contributed by atoms with Gasteiger partial charge in [0.2, 0.25) is 0 Å². The van der Waals surface area contributed by atoms with Crippen molar-refractivity contribution in [3.05, 3.63) is 12.7 Å². The van der Waals surface area contributed by atoms with Gasteiger partial charge in [-0.3, -0.25) is 4.39 Å². The first-order chi connectivity index (χ1) is 4.41. The van der Waals surface area contributed by atoms with Gasteiger partial charge in [0.25, 0.3) is 0 Å². The Kier molecular flexibility index (Phi) is 38.3. The molecule has 1 nitrogen and oxygen atoms in total. The maximum atomic E-state index is 11.3. The Hall–Kier alpha value is 0.586. The molecule has 0 aliphatic carbocycles. The maximum absolute atomic E-state index is 11.3. The van der Waals surface area contributed by atoms with E-state index in [4.69, 9.17) is 5.41 Å². The Morgan fingerprint density at radius 2 is 2.00 bits per heavy atom. The van der Waals surface area contributed by atoms with E-state index >= 15 is 0 Å². The van der Waals surface area contributed by atoms with E-state index < -0.39 is 0 Å². The van der Waals surface area contributed by atoms with Crippen LogP contribution in [0.2, 0.25) is 4.55 Å². The van der Waals surface area contributed by atoms with E-state index in [1.165, 1.54) is 0 Å². The second-order valence-electron chi connectivity index (χ2n) is 1.47. The second kappa shape index (κ2) is 22.6. The highest BCUT2D eigenvalue weighted by atomic mass is 79.9. The zero-order valence-electron chi connectivity index (χ0n) is 6.11. The van der Waals surface area contributed by atoms with Crippen molar-refractivity contribution < 1.29 is 4.39 Å². The van der Waals surface area contributed by atoms with Crippen molar-refractivity contribution in [2.24, 2.45) is 0 Å². The average Bonchev–Trinajstić information content (AvgIpc) is 1.94. The Labute approximate surface area is 82.1 Å². The van der Waals surface area contributed by atoms with Crippen LogP contribution in [0.4, 0.5) is 4.39 Å². The molecule has 10 heavy (non-hydrogen) atoms. The molecule has 0 fully saturated rings. The first kappa shape index (κ1) is 16.9. The fourth-order valence-corrected chi connectivity index (χ4v) is 1.15. The Balaban J connectivity index is -0.000000149. The Morgan fingerprint density at radius 3 is 2.30 bits per heavy atom. The quantitative estimate of drug-likeness (QED) is 0.327. The van der Waals surface area contributed by atoms with Gasteiger partial charge in [-0.1, -0.05) is 12.5 Å². The summed E-state index contributed by atoms with van der Waals surface area (Å²) in [5, 5.41) is 5.50. The van der Waals surface area contributed by atoms with Crippen molar-refractivity contribution in [3.63, 3.8) is 0 Å². The van der Waals surface area contributed by atoms with Crippen molar-refractivity contribution >= 4 is 44.1 Å². The minimum atomic E-state index is -0.327. The van der Waals surface area contributed by atoms with Gasteiger partial charge in [0.05, 0.1) is 0 Å². The van der Waals surface area contributed by atoms with Crippen LogP contribution < -0.4 is 0 Å². The number of halogens is 2. The number of allylic oxidation sites excluding steroid dienone is 1. The van der Waals surface area contributed by atoms with Gasteiger partial charge < -0.3 is 5.41 Å². The molecule has 58 valence electrons. The van der Waals surface area contributed by atoms with E-state index in [1.807, 2.05) is 6.08 Å². The standard InChI is InChI=1S/C4H7.CH2F.CH3N.BrH.Mg/c1-3-4-2;2*1-2;;/h3H,1-2,4H2;1H2;2H,1H2;1H;. The SMILES string of the molecule is Br.C=CC[CH2][Mg][CH2]F.C=N. The molecule has 0 aromatic rings. The number of hydrogen-bond acceptors (Lipinski definition) is 1. The molecule has 0 radical (unpaired) electrons. The van der Waals surface area contributed by atoms with Gasteiger partial charge in [-0.05, 0) is 11.5 Å². The van der Waals surface area contributed by atoms with Crippen molar-refractivity contribution in [2.45, 2.75) is 11.0 Å². The van der Waals surface area contributed by atoms with E-state index in [9.17, 15) is 4.39 Å². The smallest absolute Gasteiger partial charge is 0.317 e. The number of nitrogens with one attached hydrogen (secondary N) is 1. The highest BCUT2D eigenvalue weighted by Gasteiger charge is 1.89. The summed E-state index contributed by atoms with van der Waals surface area (Å²) in [7, 11) is 0. The predicted molar refractivity (Wildman–Crippen MR) is 51.5 cm³/mol. The van der Waals surface area contributed by atoms with Crippen molar-refractivity contribution in [1.82, 2.24) is 0 Å². The van der Waals surface area contributed by atoms with Crippen LogP contribution >= 0.6 is 17.0 Å². The zero-order chi connectivity index (χ0) is 7.54. The van der Waals surface area contributed by atoms with Gasteiger partial charge in [-0.25, -0.2) is 0 Å². The normalized spacial score (nSPS) is 5.70. The van der Waals surface area contributed by atoms with Crippen LogP contribution in [-0.2, 0) is 0 Å². The molecule has 4 heteroatoms. The number of hydrogen-bond donors (Lipinski definition) is 1. The lowest BCUT2D eigenvalue weighted by atomic mass is 10.5. The third-order valence-electron chi connectivity index (χ3n) is 0.792. The van der Waals surface area contributed by atoms with Crippen LogP contribution in [0.5, 0.6) is 0 Å². The molecule has 0 atom stereocenters. The van der Waals surface area contributed by atoms with Crippen LogP contribution in [0, 0.1) is 5.41 Å². The highest BCUT2D eigenvalue weighted by Crippen LogP contribution is 1.87. The van der Waals surface area contributed by atoms with E-state index in [0.29, 0.717) is 0 Å². The van der Waals surface area contributed by atoms with Crippen LogP contribution in [-0.4, -0.2) is 31.9 Å². The largest absolute Gasteiger partial charge is 0.413 e. The molecule has 0 bridgehead atoms. The number of alkyl halides is 1. The molecule has 0 aromatic heterocycles. The Bertz CT molecular complexity index is 63.7. The summed E-state index contributed by atoms with van der Waals surface area (Å²) >= 11 is -0.327. The van der Waals surface area contributed by atoms with Gasteiger partial charge in [-0.2, -0.15) is 0 Å². The molecular formula is C6H13BrFMgN. The van der Waals surface area contributed by atoms with Crippen molar-refractivity contribution in [3.8, 4) is 0 Å². The first-order valence-electron chi connectivity index (χ1n) is 2.94. The summed E-state index contributed by atoms with van der Waals surface area (Å²) < 4.78 is 12.4. The monoisotopic (exact) mass is 221 g/mol. The maximum Gasteiger partial charge on any atom is 0.413 e. The van der Waals surface area contributed by atoms with Gasteiger partial charge >= 0.3 is 20.4 Å². The summed E-state index contributed by atoms with van der Waals surface area (Å²) in [5.74, 6) is 0. The lowest BCUT2D eigenvalue weighted by molar-refractivity contribution is 0.592. The molecule has 0 amide bonds. The fraction of sp³-hybridized carbons (Fsp3) is 0.500. The van der Waals surface area contributed by atoms with E-state index in [0.717, 1.165) is 11.0 Å². The molecule has 0 unspecified atom stereocenters. The summed E-state index contributed by atoms with van der Waals surface area (Å²) in [4.78, 5) is -0.0478. The minimum Gasteiger partial charge on any atom is -0.317 e. The summed E-state index contributed by atoms with van der Waals surface area (Å²) in [6.07, 6.45) is 2.86. The molecule has 0 aromatic carbocycles. The molecule has 0 heterocycles. The average molecular weight is 222 g/mol. The van der Waals surface area contributed by atoms with Crippen molar-refractivity contribution in [2.75, 3.05) is 4.80 Å². The molecule has 0 aliphatic heterocycles. The van der Waals surface area contributed by atoms with Crippen LogP contribution in [0.3, 0.4) is 0 Å². The van der Waals surface area contributed by atoms with E-state index in [2.05, 4.69) is 13.3 Å². The summed E-state index contributed by atoms with van der Waals surface area (Å²) in [6, 6.07) is 0. The van der Waals surface area contributed by atoms with Crippen LogP contribution in [0.1, 0.15) is 6.42 Å². The summed E-state index contributed by atoms with van der Waals surface area (Å²) in [6.45, 7) is 6.03. The fourth-order valence-electron chi connectivity index (χ4n) is 0.383. The molecule has 1 N–H and O–H groups in total. The molecule has 0 aliphatic rings. The predicted octanol–water partition coefficient (Wildman–Crippen LogP) is 2.46. The number of rotatable bonds is 4. The lowest BCUT2D eigenvalue weighted by Crippen LogP contribution is -1.88. The second-order valence-corrected chi connectivity index (χ2v) is 3.27. The first-order valence-corrected chi connectivity index (χ1v) is 4.94. The van der Waals surface area contributed by atoms with Gasteiger partial charge in [0.1, 0.15) is 0 Å². The highest BCUT2D eigenvalue weighted by molar-refractivity contribution is 8.93. The van der Waals surface area contributed by atoms with Crippen molar-refractivity contribution in [1.29, 1.82) is 5.41 Å². The minimum absolute atomic E-state index is 0. The summed E-state index contributed by atoms with van der Waals surface area (Å²) in [5.41, 5.74) is 0. The van der Waals surface area contributed by atoms with Gasteiger partial charge in [-0.15, -0.1) is 28.1 Å². The van der Waals surface area contributed by atoms with Crippen LogP contribution in [0.25, 0.3) is 0 Å². The lowest BCUT2D eigenvalue weighted by Gasteiger charge is -1.82. The zero-order valence-corrected chi connectivity index (χ0v) is 9.23. The topological polar surface area (TPSA) is 23.9 Å². The van der Waals surface area contributed by atoms with E-state index in [-0.39, 0.29) is 42.2 Å². The Morgan fingerprint density at radius 1 is 1.50 bits per heavy atom. The van der Waals surface area contributed by atoms with E-state index in [1.54, 1.807) is 0 Å². The molecule has 0 rings (SSSR count). The molecule has 0 saturated heterocycles. The third-order valence-corrected chi connectivity index (χ3v) is 1.97. The van der Waals surface area contributed by atoms with Gasteiger partial charge in [0.15, 0.2) is 0 Å².